The summed E-state index contributed by atoms with van der Waals surface area (Å²) in [6, 6.07) is 4.02. The Balaban J connectivity index is 2.86. The van der Waals surface area contributed by atoms with Gasteiger partial charge in [-0.2, -0.15) is 0 Å². The van der Waals surface area contributed by atoms with Gasteiger partial charge < -0.3 is 4.42 Å². The van der Waals surface area contributed by atoms with E-state index >= 15 is 0 Å². The van der Waals surface area contributed by atoms with E-state index in [2.05, 4.69) is 27.6 Å². The Hall–Kier alpha value is -0.580. The average molecular weight is 259 g/mol. The molecule has 0 saturated heterocycles. The van der Waals surface area contributed by atoms with Crippen LogP contribution >= 0.6 is 22.6 Å². The molecule has 0 aliphatic carbocycles. The van der Waals surface area contributed by atoms with E-state index in [1.165, 1.54) is 0 Å². The van der Waals surface area contributed by atoms with Crippen LogP contribution in [0.15, 0.2) is 22.8 Å². The molecule has 2 rings (SSSR count). The van der Waals surface area contributed by atoms with Gasteiger partial charge in [-0.15, -0.1) is 0 Å². The van der Waals surface area contributed by atoms with Crippen LogP contribution in [0.1, 0.15) is 5.69 Å². The molecule has 0 fully saturated rings. The summed E-state index contributed by atoms with van der Waals surface area (Å²) < 4.78 is 6.33. The summed E-state index contributed by atoms with van der Waals surface area (Å²) in [5, 5.41) is 1.09. The SMILES string of the molecule is Cc1ccc2c(I)coc2n1. The van der Waals surface area contributed by atoms with Gasteiger partial charge in [0.25, 0.3) is 0 Å². The fourth-order valence-corrected chi connectivity index (χ4v) is 1.51. The van der Waals surface area contributed by atoms with Gasteiger partial charge in [-0.1, -0.05) is 0 Å². The number of nitrogens with zero attached hydrogens (tertiary/aromatic N) is 1. The smallest absolute Gasteiger partial charge is 0.227 e. The number of halogens is 1. The van der Waals surface area contributed by atoms with Crippen molar-refractivity contribution in [3.05, 3.63) is 27.7 Å². The van der Waals surface area contributed by atoms with Gasteiger partial charge in [0.05, 0.1) is 8.96 Å². The predicted octanol–water partition coefficient (Wildman–Crippen LogP) is 2.74. The Bertz CT molecular complexity index is 394. The van der Waals surface area contributed by atoms with Crippen molar-refractivity contribution in [2.24, 2.45) is 0 Å². The van der Waals surface area contributed by atoms with E-state index in [9.17, 15) is 0 Å². The zero-order chi connectivity index (χ0) is 7.84. The van der Waals surface area contributed by atoms with Gasteiger partial charge in [0, 0.05) is 5.69 Å². The molecule has 0 saturated carbocycles. The molecule has 3 heteroatoms. The van der Waals surface area contributed by atoms with Crippen molar-refractivity contribution >= 4 is 33.7 Å². The first-order valence-electron chi connectivity index (χ1n) is 3.28. The zero-order valence-electron chi connectivity index (χ0n) is 5.97. The number of pyridine rings is 1. The number of hydrogen-bond donors (Lipinski definition) is 0. The van der Waals surface area contributed by atoms with Crippen molar-refractivity contribution in [3.8, 4) is 0 Å². The van der Waals surface area contributed by atoms with Crippen molar-refractivity contribution < 1.29 is 4.42 Å². The number of rotatable bonds is 0. The molecule has 0 aliphatic rings. The van der Waals surface area contributed by atoms with Crippen LogP contribution in [0.5, 0.6) is 0 Å². The predicted molar refractivity (Wildman–Crippen MR) is 51.5 cm³/mol. The Morgan fingerprint density at radius 2 is 2.27 bits per heavy atom. The van der Waals surface area contributed by atoms with E-state index < -0.39 is 0 Å². The van der Waals surface area contributed by atoms with Gasteiger partial charge in [-0.25, -0.2) is 4.98 Å². The van der Waals surface area contributed by atoms with Gasteiger partial charge in [-0.05, 0) is 41.6 Å². The maximum Gasteiger partial charge on any atom is 0.227 e. The van der Waals surface area contributed by atoms with E-state index in [-0.39, 0.29) is 0 Å². The van der Waals surface area contributed by atoms with Crippen LogP contribution < -0.4 is 0 Å². The average Bonchev–Trinajstić information content (AvgIpc) is 2.32. The van der Waals surface area contributed by atoms with E-state index in [0.717, 1.165) is 20.4 Å². The minimum atomic E-state index is 0.731. The third-order valence-corrected chi connectivity index (χ3v) is 2.37. The lowest BCUT2D eigenvalue weighted by molar-refractivity contribution is 0.600. The summed E-state index contributed by atoms with van der Waals surface area (Å²) in [6.07, 6.45) is 1.72. The third kappa shape index (κ3) is 1.13. The lowest BCUT2D eigenvalue weighted by atomic mass is 10.3. The van der Waals surface area contributed by atoms with Gasteiger partial charge >= 0.3 is 0 Å². The summed E-state index contributed by atoms with van der Waals surface area (Å²) in [4.78, 5) is 4.23. The first kappa shape index (κ1) is 7.09. The molecule has 0 bridgehead atoms. The monoisotopic (exact) mass is 259 g/mol. The summed E-state index contributed by atoms with van der Waals surface area (Å²) in [7, 11) is 0. The Morgan fingerprint density at radius 3 is 3.09 bits per heavy atom. The molecule has 0 spiro atoms. The zero-order valence-corrected chi connectivity index (χ0v) is 8.12. The number of fused-ring (bicyclic) bond motifs is 1. The highest BCUT2D eigenvalue weighted by Gasteiger charge is 2.02. The van der Waals surface area contributed by atoms with Crippen molar-refractivity contribution in [2.45, 2.75) is 6.92 Å². The molecule has 11 heavy (non-hydrogen) atoms. The summed E-state index contributed by atoms with van der Waals surface area (Å²) >= 11 is 2.23. The van der Waals surface area contributed by atoms with Crippen LogP contribution in [0.25, 0.3) is 11.1 Å². The highest BCUT2D eigenvalue weighted by molar-refractivity contribution is 14.1. The van der Waals surface area contributed by atoms with E-state index in [1.54, 1.807) is 6.26 Å². The van der Waals surface area contributed by atoms with Crippen LogP contribution in [0.4, 0.5) is 0 Å². The standard InChI is InChI=1S/C8H6INO/c1-5-2-3-6-7(9)4-11-8(6)10-5/h2-4H,1H3. The molecule has 0 N–H and O–H groups in total. The van der Waals surface area contributed by atoms with E-state index in [4.69, 9.17) is 4.42 Å². The van der Waals surface area contributed by atoms with Crippen molar-refractivity contribution in [1.82, 2.24) is 4.98 Å². The van der Waals surface area contributed by atoms with E-state index in [1.807, 2.05) is 19.1 Å². The summed E-state index contributed by atoms with van der Waals surface area (Å²) in [5.74, 6) is 0. The molecule has 0 unspecified atom stereocenters. The largest absolute Gasteiger partial charge is 0.445 e. The molecule has 2 nitrogen and oxygen atoms in total. The number of furan rings is 1. The molecule has 0 radical (unpaired) electrons. The molecule has 56 valence electrons. The fourth-order valence-electron chi connectivity index (χ4n) is 0.976. The fraction of sp³-hybridized carbons (Fsp3) is 0.125. The Morgan fingerprint density at radius 1 is 1.45 bits per heavy atom. The Labute approximate surface area is 77.8 Å². The first-order valence-corrected chi connectivity index (χ1v) is 4.35. The van der Waals surface area contributed by atoms with Crippen LogP contribution in [0.2, 0.25) is 0 Å². The number of aromatic nitrogens is 1. The molecule has 0 aliphatic heterocycles. The minimum Gasteiger partial charge on any atom is -0.445 e. The summed E-state index contributed by atoms with van der Waals surface area (Å²) in [6.45, 7) is 1.95. The van der Waals surface area contributed by atoms with Gasteiger partial charge in [0.1, 0.15) is 6.26 Å². The van der Waals surface area contributed by atoms with Crippen LogP contribution in [0.3, 0.4) is 0 Å². The Kier molecular flexibility index (Phi) is 1.60. The molecule has 0 atom stereocenters. The number of aryl methyl sites for hydroxylation is 1. The van der Waals surface area contributed by atoms with E-state index in [0.29, 0.717) is 0 Å². The van der Waals surface area contributed by atoms with Crippen LogP contribution in [-0.4, -0.2) is 4.98 Å². The second-order valence-electron chi connectivity index (χ2n) is 2.39. The lowest BCUT2D eigenvalue weighted by Crippen LogP contribution is -1.78. The van der Waals surface area contributed by atoms with Gasteiger partial charge in [0.2, 0.25) is 5.71 Å². The molecule has 2 aromatic heterocycles. The summed E-state index contributed by atoms with van der Waals surface area (Å²) in [5.41, 5.74) is 1.72. The van der Waals surface area contributed by atoms with Crippen molar-refractivity contribution in [2.75, 3.05) is 0 Å². The second kappa shape index (κ2) is 2.48. The maximum absolute atomic E-state index is 5.21. The highest BCUT2D eigenvalue weighted by Crippen LogP contribution is 2.20. The minimum absolute atomic E-state index is 0.731. The van der Waals surface area contributed by atoms with Crippen molar-refractivity contribution in [3.63, 3.8) is 0 Å². The molecular formula is C8H6INO. The first-order chi connectivity index (χ1) is 5.27. The quantitative estimate of drug-likeness (QED) is 0.680. The van der Waals surface area contributed by atoms with Gasteiger partial charge in [0.15, 0.2) is 0 Å². The number of hydrogen-bond acceptors (Lipinski definition) is 2. The molecule has 2 heterocycles. The lowest BCUT2D eigenvalue weighted by Gasteiger charge is -1.89. The third-order valence-electron chi connectivity index (χ3n) is 1.53. The van der Waals surface area contributed by atoms with Crippen LogP contribution in [-0.2, 0) is 0 Å². The van der Waals surface area contributed by atoms with Crippen LogP contribution in [0, 0.1) is 10.5 Å². The van der Waals surface area contributed by atoms with Gasteiger partial charge in [-0.3, -0.25) is 0 Å². The van der Waals surface area contributed by atoms with Crippen molar-refractivity contribution in [1.29, 1.82) is 0 Å². The molecule has 0 aromatic carbocycles. The second-order valence-corrected chi connectivity index (χ2v) is 3.55. The normalized spacial score (nSPS) is 10.7. The molecule has 2 aromatic rings. The topological polar surface area (TPSA) is 26.0 Å². The maximum atomic E-state index is 5.21. The highest BCUT2D eigenvalue weighted by atomic mass is 127. The molecular weight excluding hydrogens is 253 g/mol. The molecule has 0 amide bonds.